The second-order valence-electron chi connectivity index (χ2n) is 2.53. The second kappa shape index (κ2) is 8.92. The third kappa shape index (κ3) is 6.41. The Balaban J connectivity index is 0.000000284. The fraction of sp³-hybridized carbons (Fsp3) is 0. The molecule has 2 aromatic heterocycles. The molecule has 0 atom stereocenters. The summed E-state index contributed by atoms with van der Waals surface area (Å²) in [4.78, 5) is 20.5. The first-order chi connectivity index (χ1) is 7.61. The van der Waals surface area contributed by atoms with Crippen LogP contribution in [0, 0.1) is 0 Å². The molecule has 7 heteroatoms. The molecule has 2 heterocycles. The van der Waals surface area contributed by atoms with Gasteiger partial charge in [0, 0.05) is 9.75 Å². The quantitative estimate of drug-likeness (QED) is 0.667. The van der Waals surface area contributed by atoms with Gasteiger partial charge in [-0.1, -0.05) is 12.1 Å². The van der Waals surface area contributed by atoms with Gasteiger partial charge in [-0.2, -0.15) is 0 Å². The third-order valence-corrected chi connectivity index (χ3v) is 3.14. The first kappa shape index (κ1) is 16.9. The molecule has 0 saturated heterocycles. The Morgan fingerprint density at radius 3 is 1.35 bits per heavy atom. The minimum Gasteiger partial charge on any atom is -0.544 e. The SMILES string of the molecule is O=C([O-])c1cccs1.O=C([O-])c1cccs1.[Ba+2]. The van der Waals surface area contributed by atoms with E-state index in [-0.39, 0.29) is 58.6 Å². The standard InChI is InChI=1S/2C5H4O2S.Ba/c2*6-5(7)4-2-1-3-8-4;/h2*1-3H,(H,6,7);/q;;+2/p-2. The van der Waals surface area contributed by atoms with E-state index in [0.717, 1.165) is 0 Å². The molecule has 0 unspecified atom stereocenters. The number of carboxylic acid groups (broad SMARTS) is 2. The average molecular weight is 392 g/mol. The number of hydrogen-bond donors (Lipinski definition) is 0. The van der Waals surface area contributed by atoms with Gasteiger partial charge in [-0.05, 0) is 22.9 Å². The number of carbonyl (C=O) groups excluding carboxylic acids is 2. The summed E-state index contributed by atoms with van der Waals surface area (Å²) in [6.45, 7) is 0. The van der Waals surface area contributed by atoms with E-state index < -0.39 is 11.9 Å². The largest absolute Gasteiger partial charge is 2.00 e. The molecule has 0 aromatic carbocycles. The molecular formula is C10H6BaO4S2. The maximum atomic E-state index is 9.96. The van der Waals surface area contributed by atoms with Gasteiger partial charge in [-0.15, -0.1) is 22.7 Å². The van der Waals surface area contributed by atoms with Crippen molar-refractivity contribution in [1.82, 2.24) is 0 Å². The Bertz CT molecular complexity index is 406. The van der Waals surface area contributed by atoms with Crippen molar-refractivity contribution in [2.24, 2.45) is 0 Å². The molecule has 0 radical (unpaired) electrons. The van der Waals surface area contributed by atoms with Crippen molar-refractivity contribution in [3.05, 3.63) is 44.8 Å². The van der Waals surface area contributed by atoms with Crippen LogP contribution in [-0.2, 0) is 0 Å². The molecule has 17 heavy (non-hydrogen) atoms. The number of carbonyl (C=O) groups is 2. The molecule has 2 aromatic rings. The normalized spacial score (nSPS) is 8.47. The van der Waals surface area contributed by atoms with Gasteiger partial charge in [0.1, 0.15) is 0 Å². The summed E-state index contributed by atoms with van der Waals surface area (Å²) < 4.78 is 0. The van der Waals surface area contributed by atoms with Gasteiger partial charge in [0.15, 0.2) is 0 Å². The van der Waals surface area contributed by atoms with E-state index in [1.807, 2.05) is 0 Å². The maximum Gasteiger partial charge on any atom is 2.00 e. The molecule has 0 saturated carbocycles. The zero-order valence-corrected chi connectivity index (χ0v) is 14.7. The predicted molar refractivity (Wildman–Crippen MR) is 63.1 cm³/mol. The monoisotopic (exact) mass is 392 g/mol. The van der Waals surface area contributed by atoms with Crippen LogP contribution in [0.4, 0.5) is 0 Å². The summed E-state index contributed by atoms with van der Waals surface area (Å²) in [6, 6.07) is 6.38. The van der Waals surface area contributed by atoms with Crippen LogP contribution in [0.15, 0.2) is 35.0 Å². The van der Waals surface area contributed by atoms with E-state index >= 15 is 0 Å². The van der Waals surface area contributed by atoms with Gasteiger partial charge >= 0.3 is 48.9 Å². The predicted octanol–water partition coefficient (Wildman–Crippen LogP) is -0.158. The number of hydrogen-bond acceptors (Lipinski definition) is 6. The van der Waals surface area contributed by atoms with Gasteiger partial charge in [0.25, 0.3) is 0 Å². The zero-order valence-electron chi connectivity index (χ0n) is 8.62. The number of carboxylic acids is 2. The summed E-state index contributed by atoms with van der Waals surface area (Å²) in [6.07, 6.45) is 0. The number of rotatable bonds is 2. The van der Waals surface area contributed by atoms with Crippen molar-refractivity contribution in [1.29, 1.82) is 0 Å². The summed E-state index contributed by atoms with van der Waals surface area (Å²) in [5.74, 6) is -2.19. The van der Waals surface area contributed by atoms with Crippen LogP contribution >= 0.6 is 22.7 Å². The van der Waals surface area contributed by atoms with Crippen LogP contribution in [-0.4, -0.2) is 60.8 Å². The molecule has 84 valence electrons. The van der Waals surface area contributed by atoms with Crippen LogP contribution in [0.1, 0.15) is 19.3 Å². The summed E-state index contributed by atoms with van der Waals surface area (Å²) >= 11 is 2.34. The molecule has 0 aliphatic heterocycles. The Morgan fingerprint density at radius 2 is 1.24 bits per heavy atom. The summed E-state index contributed by atoms with van der Waals surface area (Å²) in [7, 11) is 0. The van der Waals surface area contributed by atoms with Crippen molar-refractivity contribution < 1.29 is 19.8 Å². The molecular weight excluding hydrogens is 386 g/mol. The van der Waals surface area contributed by atoms with Crippen LogP contribution in [0.2, 0.25) is 0 Å². The van der Waals surface area contributed by atoms with Gasteiger partial charge in [0.2, 0.25) is 0 Å². The average Bonchev–Trinajstić information content (AvgIpc) is 2.93. The van der Waals surface area contributed by atoms with E-state index in [1.54, 1.807) is 22.9 Å². The summed E-state index contributed by atoms with van der Waals surface area (Å²) in [5.41, 5.74) is 0. The molecule has 0 fully saturated rings. The number of thiophene rings is 2. The molecule has 0 aliphatic carbocycles. The Kier molecular flexibility index (Phi) is 8.88. The second-order valence-corrected chi connectivity index (χ2v) is 4.42. The van der Waals surface area contributed by atoms with Crippen LogP contribution in [0.25, 0.3) is 0 Å². The topological polar surface area (TPSA) is 80.3 Å². The van der Waals surface area contributed by atoms with E-state index in [2.05, 4.69) is 0 Å². The van der Waals surface area contributed by atoms with Crippen molar-refractivity contribution in [2.45, 2.75) is 0 Å². The molecule has 0 N–H and O–H groups in total. The molecule has 0 amide bonds. The molecule has 0 aliphatic rings. The summed E-state index contributed by atoms with van der Waals surface area (Å²) in [5, 5.41) is 23.3. The molecule has 0 bridgehead atoms. The van der Waals surface area contributed by atoms with Crippen LogP contribution < -0.4 is 10.2 Å². The Hall–Kier alpha value is -0.0886. The first-order valence-corrected chi connectivity index (χ1v) is 5.87. The Morgan fingerprint density at radius 1 is 0.882 bits per heavy atom. The van der Waals surface area contributed by atoms with Gasteiger partial charge in [0.05, 0.1) is 11.9 Å². The fourth-order valence-corrected chi connectivity index (χ4v) is 1.90. The Labute approximate surface area is 146 Å². The first-order valence-electron chi connectivity index (χ1n) is 4.11. The minimum atomic E-state index is -1.10. The maximum absolute atomic E-state index is 9.96. The molecule has 2 rings (SSSR count). The van der Waals surface area contributed by atoms with Crippen LogP contribution in [0.5, 0.6) is 0 Å². The smallest absolute Gasteiger partial charge is 0.544 e. The molecule has 0 spiro atoms. The van der Waals surface area contributed by atoms with Crippen molar-refractivity contribution in [3.63, 3.8) is 0 Å². The number of aromatic carboxylic acids is 2. The van der Waals surface area contributed by atoms with E-state index in [4.69, 9.17) is 0 Å². The van der Waals surface area contributed by atoms with Gasteiger partial charge in [-0.25, -0.2) is 0 Å². The minimum absolute atomic E-state index is 0. The van der Waals surface area contributed by atoms with Gasteiger partial charge < -0.3 is 19.8 Å². The van der Waals surface area contributed by atoms with Crippen molar-refractivity contribution >= 4 is 83.5 Å². The van der Waals surface area contributed by atoms with E-state index in [0.29, 0.717) is 0 Å². The van der Waals surface area contributed by atoms with Gasteiger partial charge in [-0.3, -0.25) is 0 Å². The molecule has 4 nitrogen and oxygen atoms in total. The zero-order chi connectivity index (χ0) is 12.0. The van der Waals surface area contributed by atoms with E-state index in [1.165, 1.54) is 34.8 Å². The van der Waals surface area contributed by atoms with Crippen molar-refractivity contribution in [2.75, 3.05) is 0 Å². The third-order valence-electron chi connectivity index (χ3n) is 1.44. The van der Waals surface area contributed by atoms with E-state index in [9.17, 15) is 19.8 Å². The van der Waals surface area contributed by atoms with Crippen molar-refractivity contribution in [3.8, 4) is 0 Å². The fourth-order valence-electron chi connectivity index (χ4n) is 0.789. The van der Waals surface area contributed by atoms with Crippen LogP contribution in [0.3, 0.4) is 0 Å².